The zero-order chi connectivity index (χ0) is 6.24. The lowest BCUT2D eigenvalue weighted by Crippen LogP contribution is -2.18. The van der Waals surface area contributed by atoms with Crippen molar-refractivity contribution in [1.29, 1.82) is 0 Å². The number of hydrogen-bond acceptors (Lipinski definition) is 3. The van der Waals surface area contributed by atoms with E-state index in [1.54, 1.807) is 0 Å². The molecule has 0 aromatic rings. The van der Waals surface area contributed by atoms with Crippen LogP contribution in [0.4, 0.5) is 0 Å². The van der Waals surface area contributed by atoms with Gasteiger partial charge in [0, 0.05) is 6.54 Å². The number of likely N-dealkylation sites (N-methyl/N-ethyl adjacent to an activating group) is 1. The summed E-state index contributed by atoms with van der Waals surface area (Å²) < 4.78 is 4.39. The average molecular weight is 117 g/mol. The Balaban J connectivity index is 2.62. The van der Waals surface area contributed by atoms with Gasteiger partial charge >= 0.3 is 0 Å². The van der Waals surface area contributed by atoms with Gasteiger partial charge < -0.3 is 10.1 Å². The molecule has 3 heteroatoms. The van der Waals surface area contributed by atoms with Crippen molar-refractivity contribution in [2.45, 2.75) is 6.92 Å². The van der Waals surface area contributed by atoms with Gasteiger partial charge in [-0.1, -0.05) is 6.92 Å². The summed E-state index contributed by atoms with van der Waals surface area (Å²) >= 11 is 0. The molecule has 0 saturated carbocycles. The van der Waals surface area contributed by atoms with Gasteiger partial charge in [-0.15, -0.1) is 0 Å². The molecular weight excluding hydrogens is 106 g/mol. The molecule has 0 aromatic heterocycles. The normalized spacial score (nSPS) is 8.62. The quantitative estimate of drug-likeness (QED) is 0.399. The Labute approximate surface area is 49.0 Å². The molecule has 1 N–H and O–H groups in total. The van der Waals surface area contributed by atoms with Crippen LogP contribution in [0.1, 0.15) is 6.92 Å². The fourth-order valence-electron chi connectivity index (χ4n) is 0.356. The third kappa shape index (κ3) is 5.43. The first-order chi connectivity index (χ1) is 3.91. The number of hydrogen-bond donors (Lipinski definition) is 1. The molecule has 0 fully saturated rings. The van der Waals surface area contributed by atoms with Gasteiger partial charge in [-0.2, -0.15) is 0 Å². The first-order valence-corrected chi connectivity index (χ1v) is 2.67. The molecule has 0 aliphatic rings. The smallest absolute Gasteiger partial charge is 0.293 e. The molecule has 0 bridgehead atoms. The van der Waals surface area contributed by atoms with E-state index in [0.29, 0.717) is 13.1 Å². The SMILES string of the molecule is CCNCCOC=O. The Morgan fingerprint density at radius 2 is 2.50 bits per heavy atom. The summed E-state index contributed by atoms with van der Waals surface area (Å²) in [6.45, 7) is 4.59. The molecule has 0 aliphatic heterocycles. The molecule has 0 aliphatic carbocycles. The lowest BCUT2D eigenvalue weighted by atomic mass is 10.6. The highest BCUT2D eigenvalue weighted by Gasteiger charge is 1.79. The van der Waals surface area contributed by atoms with E-state index >= 15 is 0 Å². The van der Waals surface area contributed by atoms with Crippen molar-refractivity contribution in [1.82, 2.24) is 5.32 Å². The molecule has 0 heterocycles. The van der Waals surface area contributed by atoms with E-state index in [-0.39, 0.29) is 0 Å². The van der Waals surface area contributed by atoms with Gasteiger partial charge in [-0.3, -0.25) is 4.79 Å². The fourth-order valence-corrected chi connectivity index (χ4v) is 0.356. The molecule has 48 valence electrons. The number of carbonyl (C=O) groups is 1. The van der Waals surface area contributed by atoms with Crippen LogP contribution in [-0.4, -0.2) is 26.2 Å². The minimum Gasteiger partial charge on any atom is -0.467 e. The monoisotopic (exact) mass is 117 g/mol. The highest BCUT2D eigenvalue weighted by molar-refractivity contribution is 5.36. The molecule has 0 atom stereocenters. The van der Waals surface area contributed by atoms with Crippen molar-refractivity contribution >= 4 is 6.47 Å². The summed E-state index contributed by atoms with van der Waals surface area (Å²) in [5.74, 6) is 0. The zero-order valence-corrected chi connectivity index (χ0v) is 5.02. The second-order valence-electron chi connectivity index (χ2n) is 1.32. The second-order valence-corrected chi connectivity index (χ2v) is 1.32. The molecule has 0 rings (SSSR count). The summed E-state index contributed by atoms with van der Waals surface area (Å²) in [5.41, 5.74) is 0. The van der Waals surface area contributed by atoms with Crippen molar-refractivity contribution in [3.63, 3.8) is 0 Å². The van der Waals surface area contributed by atoms with Gasteiger partial charge in [0.05, 0.1) is 0 Å². The van der Waals surface area contributed by atoms with E-state index in [4.69, 9.17) is 0 Å². The Morgan fingerprint density at radius 1 is 1.75 bits per heavy atom. The lowest BCUT2D eigenvalue weighted by Gasteiger charge is -1.96. The van der Waals surface area contributed by atoms with Gasteiger partial charge in [0.1, 0.15) is 6.61 Å². The van der Waals surface area contributed by atoms with Crippen LogP contribution in [0.25, 0.3) is 0 Å². The molecule has 0 spiro atoms. The fraction of sp³-hybridized carbons (Fsp3) is 0.800. The van der Waals surface area contributed by atoms with Gasteiger partial charge in [0.15, 0.2) is 0 Å². The van der Waals surface area contributed by atoms with Gasteiger partial charge in [0.2, 0.25) is 0 Å². The third-order valence-corrected chi connectivity index (χ3v) is 0.715. The van der Waals surface area contributed by atoms with Crippen LogP contribution in [0.5, 0.6) is 0 Å². The van der Waals surface area contributed by atoms with E-state index in [2.05, 4.69) is 10.1 Å². The van der Waals surface area contributed by atoms with E-state index < -0.39 is 0 Å². The molecule has 0 amide bonds. The minimum atomic E-state index is 0.456. The first-order valence-electron chi connectivity index (χ1n) is 2.67. The highest BCUT2D eigenvalue weighted by atomic mass is 16.5. The maximum Gasteiger partial charge on any atom is 0.293 e. The lowest BCUT2D eigenvalue weighted by molar-refractivity contribution is -0.128. The van der Waals surface area contributed by atoms with Crippen LogP contribution in [0.15, 0.2) is 0 Å². The van der Waals surface area contributed by atoms with Gasteiger partial charge in [-0.05, 0) is 6.54 Å². The van der Waals surface area contributed by atoms with E-state index in [9.17, 15) is 4.79 Å². The molecule has 3 nitrogen and oxygen atoms in total. The van der Waals surface area contributed by atoms with E-state index in [1.165, 1.54) is 0 Å². The van der Waals surface area contributed by atoms with Crippen molar-refractivity contribution in [3.8, 4) is 0 Å². The van der Waals surface area contributed by atoms with Crippen molar-refractivity contribution < 1.29 is 9.53 Å². The second kappa shape index (κ2) is 6.43. The van der Waals surface area contributed by atoms with E-state index in [1.807, 2.05) is 6.92 Å². The summed E-state index contributed by atoms with van der Waals surface area (Å²) in [7, 11) is 0. The maximum absolute atomic E-state index is 9.52. The number of nitrogens with one attached hydrogen (secondary N) is 1. The largest absolute Gasteiger partial charge is 0.467 e. The van der Waals surface area contributed by atoms with Crippen LogP contribution < -0.4 is 5.32 Å². The molecule has 0 radical (unpaired) electrons. The number of ether oxygens (including phenoxy) is 1. The Morgan fingerprint density at radius 3 is 3.00 bits per heavy atom. The Bertz CT molecular complexity index is 56.4. The predicted octanol–water partition coefficient (Wildman–Crippen LogP) is -0.231. The molecule has 0 unspecified atom stereocenters. The molecular formula is C5H11NO2. The van der Waals surface area contributed by atoms with Crippen LogP contribution in [0.3, 0.4) is 0 Å². The summed E-state index contributed by atoms with van der Waals surface area (Å²) in [6.07, 6.45) is 0. The molecule has 0 aromatic carbocycles. The van der Waals surface area contributed by atoms with Crippen LogP contribution in [0.2, 0.25) is 0 Å². The van der Waals surface area contributed by atoms with Gasteiger partial charge in [-0.25, -0.2) is 0 Å². The maximum atomic E-state index is 9.52. The number of rotatable bonds is 5. The predicted molar refractivity (Wildman–Crippen MR) is 30.6 cm³/mol. The topological polar surface area (TPSA) is 38.3 Å². The van der Waals surface area contributed by atoms with Crippen LogP contribution >= 0.6 is 0 Å². The van der Waals surface area contributed by atoms with Gasteiger partial charge in [0.25, 0.3) is 6.47 Å². The van der Waals surface area contributed by atoms with Crippen molar-refractivity contribution in [2.24, 2.45) is 0 Å². The summed E-state index contributed by atoms with van der Waals surface area (Å²) in [4.78, 5) is 9.52. The molecule has 8 heavy (non-hydrogen) atoms. The Kier molecular flexibility index (Phi) is 5.97. The standard InChI is InChI=1S/C5H11NO2/c1-2-6-3-4-8-5-7/h5-6H,2-4H2,1H3. The minimum absolute atomic E-state index is 0.456. The summed E-state index contributed by atoms with van der Waals surface area (Å²) in [5, 5.41) is 3.00. The van der Waals surface area contributed by atoms with Crippen molar-refractivity contribution in [3.05, 3.63) is 0 Å². The third-order valence-electron chi connectivity index (χ3n) is 0.715. The number of carbonyl (C=O) groups excluding carboxylic acids is 1. The highest BCUT2D eigenvalue weighted by Crippen LogP contribution is 1.62. The zero-order valence-electron chi connectivity index (χ0n) is 5.02. The van der Waals surface area contributed by atoms with Crippen LogP contribution in [-0.2, 0) is 9.53 Å². The van der Waals surface area contributed by atoms with E-state index in [0.717, 1.165) is 13.1 Å². The van der Waals surface area contributed by atoms with Crippen molar-refractivity contribution in [2.75, 3.05) is 19.7 Å². The average Bonchev–Trinajstić information content (AvgIpc) is 1.81. The molecule has 0 saturated heterocycles. The Hall–Kier alpha value is -0.570. The summed E-state index contributed by atoms with van der Waals surface area (Å²) in [6, 6.07) is 0. The van der Waals surface area contributed by atoms with Crippen LogP contribution in [0, 0.1) is 0 Å². The first kappa shape index (κ1) is 7.43.